The van der Waals surface area contributed by atoms with Gasteiger partial charge in [0.05, 0.1) is 30.5 Å². The number of rotatable bonds is 4. The Morgan fingerprint density at radius 3 is 2.48 bits per heavy atom. The summed E-state index contributed by atoms with van der Waals surface area (Å²) >= 11 is 0. The quantitative estimate of drug-likeness (QED) is 0.707. The van der Waals surface area contributed by atoms with E-state index in [1.807, 2.05) is 42.8 Å². The van der Waals surface area contributed by atoms with Gasteiger partial charge >= 0.3 is 0 Å². The van der Waals surface area contributed by atoms with Crippen molar-refractivity contribution in [3.05, 3.63) is 42.0 Å². The highest BCUT2D eigenvalue weighted by Crippen LogP contribution is 2.32. The summed E-state index contributed by atoms with van der Waals surface area (Å²) in [5, 5.41) is 11.3. The topological polar surface area (TPSA) is 92.8 Å². The van der Waals surface area contributed by atoms with E-state index >= 15 is 0 Å². The van der Waals surface area contributed by atoms with Crippen LogP contribution >= 0.6 is 0 Å². The maximum Gasteiger partial charge on any atom is 0.290 e. The first-order valence-corrected chi connectivity index (χ1v) is 11.6. The SMILES string of the molecule is Cn1cc([C@H]2[C@H](CN3CCCCC3)OCCN2C(=O)c2ccn(C(C)(C)C)c2)cn1.O=CO. The molecule has 0 radical (unpaired) electrons. The van der Waals surface area contributed by atoms with E-state index in [1.165, 1.54) is 19.3 Å². The van der Waals surface area contributed by atoms with Crippen molar-refractivity contribution in [2.75, 3.05) is 32.8 Å². The van der Waals surface area contributed by atoms with Crippen molar-refractivity contribution in [2.45, 2.75) is 57.7 Å². The van der Waals surface area contributed by atoms with Crippen LogP contribution in [0.4, 0.5) is 0 Å². The van der Waals surface area contributed by atoms with E-state index < -0.39 is 0 Å². The molecule has 0 unspecified atom stereocenters. The Morgan fingerprint density at radius 1 is 1.21 bits per heavy atom. The standard InChI is InChI=1S/C23H35N5O2.CH2O2/c1-23(2,3)27-11-8-18(16-27)22(29)28-12-13-30-20(17-26-9-6-5-7-10-26)21(28)19-14-24-25(4)15-19;2-1-3/h8,11,14-16,20-21H,5-7,9-10,12-13,17H2,1-4H3;1H,(H,2,3)/t20-,21-;/m0./s1. The second-order valence-electron chi connectivity index (χ2n) is 9.74. The molecule has 2 aromatic rings. The molecule has 4 rings (SSSR count). The van der Waals surface area contributed by atoms with Gasteiger partial charge in [0.2, 0.25) is 0 Å². The van der Waals surface area contributed by atoms with E-state index in [0.29, 0.717) is 13.2 Å². The third-order valence-electron chi connectivity index (χ3n) is 6.28. The van der Waals surface area contributed by atoms with Gasteiger partial charge in [-0.05, 0) is 52.8 Å². The van der Waals surface area contributed by atoms with Crippen molar-refractivity contribution in [3.63, 3.8) is 0 Å². The van der Waals surface area contributed by atoms with Gasteiger partial charge in [-0.3, -0.25) is 14.3 Å². The number of carbonyl (C=O) groups is 2. The number of hydrogen-bond donors (Lipinski definition) is 1. The number of aryl methyl sites for hydroxylation is 1. The summed E-state index contributed by atoms with van der Waals surface area (Å²) in [6.45, 7) is 10.4. The normalized spacial score (nSPS) is 21.9. The van der Waals surface area contributed by atoms with Gasteiger partial charge in [-0.1, -0.05) is 6.42 Å². The van der Waals surface area contributed by atoms with E-state index in [9.17, 15) is 4.79 Å². The first kappa shape index (κ1) is 25.0. The van der Waals surface area contributed by atoms with Gasteiger partial charge in [0.25, 0.3) is 12.4 Å². The average Bonchev–Trinajstić information content (AvgIpc) is 3.44. The van der Waals surface area contributed by atoms with Crippen LogP contribution in [0, 0.1) is 0 Å². The number of likely N-dealkylation sites (tertiary alicyclic amines) is 1. The number of aromatic nitrogens is 3. The van der Waals surface area contributed by atoms with Gasteiger partial charge in [0, 0.05) is 49.8 Å². The molecule has 0 aliphatic carbocycles. The molecule has 4 heterocycles. The molecule has 182 valence electrons. The molecule has 2 saturated heterocycles. The Bertz CT molecular complexity index is 910. The van der Waals surface area contributed by atoms with Gasteiger partial charge in [0.15, 0.2) is 0 Å². The fourth-order valence-corrected chi connectivity index (χ4v) is 4.60. The zero-order chi connectivity index (χ0) is 24.0. The zero-order valence-electron chi connectivity index (χ0n) is 20.2. The highest BCUT2D eigenvalue weighted by molar-refractivity contribution is 5.94. The maximum absolute atomic E-state index is 13.6. The summed E-state index contributed by atoms with van der Waals surface area (Å²) in [4.78, 5) is 26.4. The smallest absolute Gasteiger partial charge is 0.290 e. The molecule has 2 aliphatic rings. The Kier molecular flexibility index (Phi) is 8.31. The van der Waals surface area contributed by atoms with E-state index in [2.05, 4.69) is 35.3 Å². The number of carbonyl (C=O) groups excluding carboxylic acids is 1. The van der Waals surface area contributed by atoms with Crippen LogP contribution in [0.15, 0.2) is 30.9 Å². The van der Waals surface area contributed by atoms with Crippen LogP contribution in [0.3, 0.4) is 0 Å². The minimum absolute atomic E-state index is 0.0466. The molecule has 0 saturated carbocycles. The summed E-state index contributed by atoms with van der Waals surface area (Å²) in [5.74, 6) is 0.0683. The van der Waals surface area contributed by atoms with Gasteiger partial charge in [-0.15, -0.1) is 0 Å². The Morgan fingerprint density at radius 2 is 1.91 bits per heavy atom. The van der Waals surface area contributed by atoms with Gasteiger partial charge in [-0.2, -0.15) is 5.10 Å². The lowest BCUT2D eigenvalue weighted by Gasteiger charge is -2.43. The van der Waals surface area contributed by atoms with Crippen molar-refractivity contribution in [2.24, 2.45) is 7.05 Å². The molecule has 0 bridgehead atoms. The number of morpholine rings is 1. The zero-order valence-corrected chi connectivity index (χ0v) is 20.2. The molecule has 2 atom stereocenters. The van der Waals surface area contributed by atoms with Crippen LogP contribution in [-0.4, -0.2) is 80.5 Å². The van der Waals surface area contributed by atoms with Crippen LogP contribution in [0.1, 0.15) is 62.0 Å². The third kappa shape index (κ3) is 6.23. The minimum Gasteiger partial charge on any atom is -0.483 e. The highest BCUT2D eigenvalue weighted by atomic mass is 16.5. The van der Waals surface area contributed by atoms with E-state index in [4.69, 9.17) is 14.6 Å². The first-order chi connectivity index (χ1) is 15.7. The molecule has 9 heteroatoms. The summed E-state index contributed by atoms with van der Waals surface area (Å²) < 4.78 is 10.2. The number of hydrogen-bond acceptors (Lipinski definition) is 5. The van der Waals surface area contributed by atoms with Crippen molar-refractivity contribution < 1.29 is 19.4 Å². The molecule has 1 N–H and O–H groups in total. The predicted molar refractivity (Wildman–Crippen MR) is 125 cm³/mol. The van der Waals surface area contributed by atoms with E-state index in [1.54, 1.807) is 4.68 Å². The van der Waals surface area contributed by atoms with Gasteiger partial charge < -0.3 is 24.2 Å². The highest BCUT2D eigenvalue weighted by Gasteiger charge is 2.38. The second-order valence-corrected chi connectivity index (χ2v) is 9.74. The Hall–Kier alpha value is -2.65. The summed E-state index contributed by atoms with van der Waals surface area (Å²) in [7, 11) is 1.92. The van der Waals surface area contributed by atoms with Crippen molar-refractivity contribution >= 4 is 12.4 Å². The maximum atomic E-state index is 13.6. The Balaban J connectivity index is 0.000000968. The van der Waals surface area contributed by atoms with Crippen LogP contribution in [0.5, 0.6) is 0 Å². The molecular formula is C24H37N5O4. The fourth-order valence-electron chi connectivity index (χ4n) is 4.60. The molecule has 0 spiro atoms. The van der Waals surface area contributed by atoms with Crippen LogP contribution < -0.4 is 0 Å². The van der Waals surface area contributed by atoms with Crippen molar-refractivity contribution in [1.82, 2.24) is 24.1 Å². The lowest BCUT2D eigenvalue weighted by Crippen LogP contribution is -2.52. The molecule has 33 heavy (non-hydrogen) atoms. The number of ether oxygens (including phenoxy) is 1. The van der Waals surface area contributed by atoms with Crippen molar-refractivity contribution in [1.29, 1.82) is 0 Å². The fraction of sp³-hybridized carbons (Fsp3) is 0.625. The molecule has 2 aromatic heterocycles. The van der Waals surface area contributed by atoms with Gasteiger partial charge in [0.1, 0.15) is 0 Å². The largest absolute Gasteiger partial charge is 0.483 e. The number of nitrogens with zero attached hydrogens (tertiary/aromatic N) is 5. The molecular weight excluding hydrogens is 422 g/mol. The predicted octanol–water partition coefficient (Wildman–Crippen LogP) is 2.75. The molecule has 9 nitrogen and oxygen atoms in total. The lowest BCUT2D eigenvalue weighted by molar-refractivity contribution is -0.122. The summed E-state index contributed by atoms with van der Waals surface area (Å²) in [5.41, 5.74) is 1.73. The molecule has 2 aliphatic heterocycles. The van der Waals surface area contributed by atoms with Gasteiger partial charge in [-0.25, -0.2) is 0 Å². The van der Waals surface area contributed by atoms with Crippen molar-refractivity contribution in [3.8, 4) is 0 Å². The molecule has 1 amide bonds. The molecule has 2 fully saturated rings. The first-order valence-electron chi connectivity index (χ1n) is 11.6. The minimum atomic E-state index is -0.250. The number of amides is 1. The van der Waals surface area contributed by atoms with Crippen LogP contribution in [0.2, 0.25) is 0 Å². The Labute approximate surface area is 195 Å². The second kappa shape index (κ2) is 11.0. The average molecular weight is 460 g/mol. The monoisotopic (exact) mass is 459 g/mol. The molecule has 0 aromatic carbocycles. The summed E-state index contributed by atoms with van der Waals surface area (Å²) in [6, 6.07) is 1.81. The number of piperidine rings is 1. The lowest BCUT2D eigenvalue weighted by atomic mass is 9.98. The summed E-state index contributed by atoms with van der Waals surface area (Å²) in [6.07, 6.45) is 11.6. The van der Waals surface area contributed by atoms with E-state index in [-0.39, 0.29) is 30.1 Å². The van der Waals surface area contributed by atoms with Crippen LogP contribution in [-0.2, 0) is 22.1 Å². The third-order valence-corrected chi connectivity index (χ3v) is 6.28. The van der Waals surface area contributed by atoms with E-state index in [0.717, 1.165) is 30.8 Å². The number of carboxylic acid groups (broad SMARTS) is 1. The van der Waals surface area contributed by atoms with Crippen LogP contribution in [0.25, 0.3) is 0 Å².